The van der Waals surface area contributed by atoms with Crippen LogP contribution in [-0.2, 0) is 4.79 Å². The molecular weight excluding hydrogens is 300 g/mol. The molecule has 0 saturated carbocycles. The first-order valence-corrected chi connectivity index (χ1v) is 5.37. The number of rotatable bonds is 4. The number of halogens is 3. The lowest BCUT2D eigenvalue weighted by Crippen LogP contribution is -2.41. The molecule has 1 aromatic rings. The Morgan fingerprint density at radius 2 is 2.06 bits per heavy atom. The molecule has 0 fully saturated rings. The summed E-state index contributed by atoms with van der Waals surface area (Å²) in [6, 6.07) is 1.78. The Hall–Kier alpha value is -1.21. The van der Waals surface area contributed by atoms with Crippen molar-refractivity contribution < 1.29 is 23.8 Å². The third kappa shape index (κ3) is 3.37. The number of carboxylic acid groups (broad SMARTS) is 1. The molecule has 0 aromatic heterocycles. The Morgan fingerprint density at radius 3 is 2.59 bits per heavy atom. The molecule has 4 nitrogen and oxygen atoms in total. The number of nitrogens with one attached hydrogen (secondary N) is 1. The summed E-state index contributed by atoms with van der Waals surface area (Å²) in [5, 5.41) is 20.3. The first-order valence-electron chi connectivity index (χ1n) is 4.58. The molecule has 0 spiro atoms. The predicted octanol–water partition coefficient (Wildman–Crippen LogP) is 1.97. The lowest BCUT2D eigenvalue weighted by molar-refractivity contribution is -0.155. The van der Waals surface area contributed by atoms with Gasteiger partial charge in [0.15, 0.2) is 5.60 Å². The Labute approximate surface area is 104 Å². The maximum atomic E-state index is 13.3. The van der Waals surface area contributed by atoms with Crippen LogP contribution in [0.25, 0.3) is 0 Å². The molecule has 0 amide bonds. The van der Waals surface area contributed by atoms with Gasteiger partial charge in [-0.15, -0.1) is 0 Å². The van der Waals surface area contributed by atoms with Crippen LogP contribution >= 0.6 is 15.9 Å². The second-order valence-electron chi connectivity index (χ2n) is 3.68. The van der Waals surface area contributed by atoms with Crippen molar-refractivity contribution in [2.24, 2.45) is 0 Å². The zero-order valence-corrected chi connectivity index (χ0v) is 10.4. The fraction of sp³-hybridized carbons (Fsp3) is 0.300. The van der Waals surface area contributed by atoms with E-state index in [9.17, 15) is 18.7 Å². The van der Waals surface area contributed by atoms with Gasteiger partial charge in [-0.3, -0.25) is 0 Å². The fourth-order valence-corrected chi connectivity index (χ4v) is 1.32. The van der Waals surface area contributed by atoms with Crippen LogP contribution in [0.2, 0.25) is 0 Å². The van der Waals surface area contributed by atoms with E-state index in [2.05, 4.69) is 21.2 Å². The normalized spacial score (nSPS) is 14.2. The fourth-order valence-electron chi connectivity index (χ4n) is 1.00. The molecule has 0 bridgehead atoms. The van der Waals surface area contributed by atoms with E-state index in [4.69, 9.17) is 5.11 Å². The first kappa shape index (κ1) is 13.9. The summed E-state index contributed by atoms with van der Waals surface area (Å²) in [7, 11) is 0. The van der Waals surface area contributed by atoms with Gasteiger partial charge in [0, 0.05) is 6.07 Å². The molecule has 0 aliphatic carbocycles. The van der Waals surface area contributed by atoms with Crippen LogP contribution in [0.4, 0.5) is 14.5 Å². The number of hydrogen-bond donors (Lipinski definition) is 3. The number of benzene rings is 1. The first-order chi connectivity index (χ1) is 7.74. The summed E-state index contributed by atoms with van der Waals surface area (Å²) in [5.41, 5.74) is -2.28. The van der Waals surface area contributed by atoms with Gasteiger partial charge in [-0.1, -0.05) is 0 Å². The Bertz CT molecular complexity index is 451. The third-order valence-electron chi connectivity index (χ3n) is 2.09. The van der Waals surface area contributed by atoms with Gasteiger partial charge in [0.2, 0.25) is 0 Å². The van der Waals surface area contributed by atoms with E-state index in [0.717, 1.165) is 19.1 Å². The smallest absolute Gasteiger partial charge is 0.337 e. The average Bonchev–Trinajstić information content (AvgIpc) is 2.21. The third-order valence-corrected chi connectivity index (χ3v) is 2.70. The van der Waals surface area contributed by atoms with Crippen molar-refractivity contribution in [2.75, 3.05) is 11.9 Å². The Balaban J connectivity index is 2.83. The number of carbonyl (C=O) groups is 1. The standard InChI is InChI=1S/C10H10BrF2NO3/c1-10(17,9(15)16)4-14-8-3-6(12)5(11)2-7(8)13/h2-3,14,17H,4H2,1H3,(H,15,16). The summed E-state index contributed by atoms with van der Waals surface area (Å²) in [5.74, 6) is -2.90. The SMILES string of the molecule is CC(O)(CNc1cc(F)c(Br)cc1F)C(=O)O. The second-order valence-corrected chi connectivity index (χ2v) is 4.53. The van der Waals surface area contributed by atoms with Crippen molar-refractivity contribution >= 4 is 27.6 Å². The largest absolute Gasteiger partial charge is 0.479 e. The van der Waals surface area contributed by atoms with Gasteiger partial charge in [-0.25, -0.2) is 13.6 Å². The molecule has 3 N–H and O–H groups in total. The highest BCUT2D eigenvalue weighted by Gasteiger charge is 2.29. The monoisotopic (exact) mass is 309 g/mol. The predicted molar refractivity (Wildman–Crippen MR) is 60.8 cm³/mol. The minimum atomic E-state index is -2.06. The second kappa shape index (κ2) is 4.97. The molecule has 0 saturated heterocycles. The summed E-state index contributed by atoms with van der Waals surface area (Å²) >= 11 is 2.81. The van der Waals surface area contributed by atoms with Crippen molar-refractivity contribution in [3.8, 4) is 0 Å². The summed E-state index contributed by atoms with van der Waals surface area (Å²) in [6.07, 6.45) is 0. The molecule has 1 aromatic carbocycles. The van der Waals surface area contributed by atoms with Crippen molar-refractivity contribution in [1.29, 1.82) is 0 Å². The van der Waals surface area contributed by atoms with Gasteiger partial charge in [0.05, 0.1) is 16.7 Å². The molecular formula is C10H10BrF2NO3. The number of aliphatic carboxylic acids is 1. The van der Waals surface area contributed by atoms with Crippen LogP contribution in [0.3, 0.4) is 0 Å². The highest BCUT2D eigenvalue weighted by molar-refractivity contribution is 9.10. The van der Waals surface area contributed by atoms with Crippen LogP contribution in [0.5, 0.6) is 0 Å². The van der Waals surface area contributed by atoms with E-state index in [1.54, 1.807) is 0 Å². The molecule has 0 aliphatic rings. The Morgan fingerprint density at radius 1 is 1.47 bits per heavy atom. The minimum absolute atomic E-state index is 0.0365. The van der Waals surface area contributed by atoms with Crippen molar-refractivity contribution in [1.82, 2.24) is 0 Å². The van der Waals surface area contributed by atoms with Crippen LogP contribution < -0.4 is 5.32 Å². The van der Waals surface area contributed by atoms with E-state index < -0.39 is 29.7 Å². The zero-order valence-electron chi connectivity index (χ0n) is 8.80. The maximum Gasteiger partial charge on any atom is 0.337 e. The van der Waals surface area contributed by atoms with Gasteiger partial charge in [-0.2, -0.15) is 0 Å². The van der Waals surface area contributed by atoms with Crippen molar-refractivity contribution in [3.05, 3.63) is 28.2 Å². The van der Waals surface area contributed by atoms with Gasteiger partial charge in [0.1, 0.15) is 11.6 Å². The molecule has 94 valence electrons. The molecule has 17 heavy (non-hydrogen) atoms. The molecule has 1 rings (SSSR count). The van der Waals surface area contributed by atoms with E-state index in [-0.39, 0.29) is 10.2 Å². The van der Waals surface area contributed by atoms with Crippen molar-refractivity contribution in [3.63, 3.8) is 0 Å². The summed E-state index contributed by atoms with van der Waals surface area (Å²) in [6.45, 7) is 0.607. The van der Waals surface area contributed by atoms with Gasteiger partial charge < -0.3 is 15.5 Å². The van der Waals surface area contributed by atoms with Crippen LogP contribution in [0.1, 0.15) is 6.92 Å². The molecule has 7 heteroatoms. The average molecular weight is 310 g/mol. The lowest BCUT2D eigenvalue weighted by Gasteiger charge is -2.19. The number of aliphatic hydroxyl groups is 1. The number of carboxylic acids is 1. The maximum absolute atomic E-state index is 13.3. The van der Waals surface area contributed by atoms with Crippen LogP contribution in [0.15, 0.2) is 16.6 Å². The van der Waals surface area contributed by atoms with E-state index >= 15 is 0 Å². The lowest BCUT2D eigenvalue weighted by atomic mass is 10.1. The minimum Gasteiger partial charge on any atom is -0.479 e. The quantitative estimate of drug-likeness (QED) is 0.744. The molecule has 0 radical (unpaired) electrons. The molecule has 0 aliphatic heterocycles. The highest BCUT2D eigenvalue weighted by atomic mass is 79.9. The molecule has 0 heterocycles. The highest BCUT2D eigenvalue weighted by Crippen LogP contribution is 2.23. The topological polar surface area (TPSA) is 69.6 Å². The number of hydrogen-bond acceptors (Lipinski definition) is 3. The van der Waals surface area contributed by atoms with E-state index in [1.165, 1.54) is 0 Å². The van der Waals surface area contributed by atoms with Gasteiger partial charge in [-0.05, 0) is 28.9 Å². The summed E-state index contributed by atoms with van der Waals surface area (Å²) < 4.78 is 26.4. The summed E-state index contributed by atoms with van der Waals surface area (Å²) in [4.78, 5) is 10.6. The van der Waals surface area contributed by atoms with Gasteiger partial charge >= 0.3 is 5.97 Å². The van der Waals surface area contributed by atoms with E-state index in [0.29, 0.717) is 0 Å². The molecule has 1 atom stereocenters. The van der Waals surface area contributed by atoms with Crippen LogP contribution in [-0.4, -0.2) is 28.3 Å². The number of anilines is 1. The van der Waals surface area contributed by atoms with E-state index in [1.807, 2.05) is 0 Å². The Kier molecular flexibility index (Phi) is 4.05. The molecule has 1 unspecified atom stereocenters. The van der Waals surface area contributed by atoms with Crippen LogP contribution in [0, 0.1) is 11.6 Å². The van der Waals surface area contributed by atoms with Gasteiger partial charge in [0.25, 0.3) is 0 Å². The zero-order chi connectivity index (χ0) is 13.2. The van der Waals surface area contributed by atoms with Crippen molar-refractivity contribution in [2.45, 2.75) is 12.5 Å².